The molecule has 3 rings (SSSR count). The average molecular weight is 235 g/mol. The number of nitrogens with one attached hydrogen (secondary N) is 2. The Labute approximate surface area is 98.2 Å². The summed E-state index contributed by atoms with van der Waals surface area (Å²) in [5, 5.41) is 3.19. The van der Waals surface area contributed by atoms with E-state index in [1.165, 1.54) is 6.07 Å². The van der Waals surface area contributed by atoms with Gasteiger partial charge in [-0.2, -0.15) is 0 Å². The molecule has 0 bridgehead atoms. The van der Waals surface area contributed by atoms with Crippen molar-refractivity contribution in [3.05, 3.63) is 29.8 Å². The second-order valence-corrected chi connectivity index (χ2v) is 4.30. The van der Waals surface area contributed by atoms with Gasteiger partial charge in [-0.25, -0.2) is 9.37 Å². The van der Waals surface area contributed by atoms with Crippen molar-refractivity contribution in [1.82, 2.24) is 15.3 Å². The number of benzene rings is 1. The number of ether oxygens (including phenoxy) is 1. The van der Waals surface area contributed by atoms with Crippen molar-refractivity contribution < 1.29 is 9.13 Å². The highest BCUT2D eigenvalue weighted by atomic mass is 19.1. The maximum absolute atomic E-state index is 13.5. The Kier molecular flexibility index (Phi) is 2.57. The number of likely N-dealkylation sites (N-methyl/N-ethyl adjacent to an activating group) is 1. The highest BCUT2D eigenvalue weighted by molar-refractivity contribution is 5.75. The zero-order valence-electron chi connectivity index (χ0n) is 9.53. The van der Waals surface area contributed by atoms with Crippen molar-refractivity contribution in [1.29, 1.82) is 0 Å². The van der Waals surface area contributed by atoms with Gasteiger partial charge in [0.05, 0.1) is 24.6 Å². The van der Waals surface area contributed by atoms with Crippen molar-refractivity contribution >= 4 is 11.0 Å². The smallest absolute Gasteiger partial charge is 0.151 e. The van der Waals surface area contributed by atoms with E-state index >= 15 is 0 Å². The van der Waals surface area contributed by atoms with Crippen molar-refractivity contribution in [2.75, 3.05) is 20.3 Å². The fourth-order valence-electron chi connectivity index (χ4n) is 2.30. The van der Waals surface area contributed by atoms with E-state index in [1.807, 2.05) is 13.1 Å². The molecule has 2 unspecified atom stereocenters. The van der Waals surface area contributed by atoms with E-state index in [1.54, 1.807) is 6.07 Å². The van der Waals surface area contributed by atoms with Crippen molar-refractivity contribution in [3.8, 4) is 0 Å². The van der Waals surface area contributed by atoms with E-state index in [0.717, 1.165) is 11.3 Å². The number of para-hydroxylation sites is 1. The number of aromatic amines is 1. The first-order valence-electron chi connectivity index (χ1n) is 5.68. The third kappa shape index (κ3) is 1.71. The first-order chi connectivity index (χ1) is 8.29. The summed E-state index contributed by atoms with van der Waals surface area (Å²) in [7, 11) is 1.90. The van der Waals surface area contributed by atoms with Gasteiger partial charge in [0.2, 0.25) is 0 Å². The van der Waals surface area contributed by atoms with Crippen LogP contribution < -0.4 is 5.32 Å². The molecule has 1 aromatic carbocycles. The zero-order valence-corrected chi connectivity index (χ0v) is 9.53. The second-order valence-electron chi connectivity index (χ2n) is 4.30. The van der Waals surface area contributed by atoms with Gasteiger partial charge in [-0.3, -0.25) is 0 Å². The van der Waals surface area contributed by atoms with E-state index < -0.39 is 0 Å². The summed E-state index contributed by atoms with van der Waals surface area (Å²) in [4.78, 5) is 7.51. The van der Waals surface area contributed by atoms with Crippen molar-refractivity contribution in [2.45, 2.75) is 12.0 Å². The standard InChI is InChI=1S/C12H14FN3O/c1-14-10-6-17-5-7(10)12-15-9-4-2-3-8(13)11(9)16-12/h2-4,7,10,14H,5-6H2,1H3,(H,15,16). The normalized spacial score (nSPS) is 24.6. The molecule has 1 aliphatic rings. The van der Waals surface area contributed by atoms with Crippen LogP contribution in [0.1, 0.15) is 11.7 Å². The van der Waals surface area contributed by atoms with E-state index in [0.29, 0.717) is 18.7 Å². The fraction of sp³-hybridized carbons (Fsp3) is 0.417. The van der Waals surface area contributed by atoms with Crippen LogP contribution in [-0.2, 0) is 4.74 Å². The van der Waals surface area contributed by atoms with Crippen LogP contribution in [0.25, 0.3) is 11.0 Å². The van der Waals surface area contributed by atoms with Crippen LogP contribution in [0.4, 0.5) is 4.39 Å². The Balaban J connectivity index is 2.03. The molecule has 0 radical (unpaired) electrons. The largest absolute Gasteiger partial charge is 0.379 e. The molecule has 2 heterocycles. The maximum atomic E-state index is 13.5. The lowest BCUT2D eigenvalue weighted by atomic mass is 10.0. The number of H-pyrrole nitrogens is 1. The lowest BCUT2D eigenvalue weighted by Crippen LogP contribution is -2.31. The molecule has 0 saturated carbocycles. The van der Waals surface area contributed by atoms with Gasteiger partial charge in [-0.15, -0.1) is 0 Å². The lowest BCUT2D eigenvalue weighted by Gasteiger charge is -2.13. The van der Waals surface area contributed by atoms with Crippen molar-refractivity contribution in [2.24, 2.45) is 0 Å². The summed E-state index contributed by atoms with van der Waals surface area (Å²) in [5.74, 6) is 0.665. The number of aromatic nitrogens is 2. The number of halogens is 1. The number of rotatable bonds is 2. The Morgan fingerprint density at radius 3 is 3.12 bits per heavy atom. The van der Waals surface area contributed by atoms with Gasteiger partial charge in [0, 0.05) is 6.04 Å². The molecule has 5 heteroatoms. The minimum absolute atomic E-state index is 0.159. The molecule has 17 heavy (non-hydrogen) atoms. The fourth-order valence-corrected chi connectivity index (χ4v) is 2.30. The molecule has 2 N–H and O–H groups in total. The molecule has 1 saturated heterocycles. The molecule has 1 fully saturated rings. The molecule has 1 aliphatic heterocycles. The quantitative estimate of drug-likeness (QED) is 0.827. The monoisotopic (exact) mass is 235 g/mol. The third-order valence-corrected chi connectivity index (χ3v) is 3.28. The predicted octanol–water partition coefficient (Wildman–Crippen LogP) is 1.40. The number of fused-ring (bicyclic) bond motifs is 1. The summed E-state index contributed by atoms with van der Waals surface area (Å²) in [6.07, 6.45) is 0. The molecule has 0 aliphatic carbocycles. The summed E-state index contributed by atoms with van der Waals surface area (Å²) in [6.45, 7) is 1.29. The third-order valence-electron chi connectivity index (χ3n) is 3.28. The van der Waals surface area contributed by atoms with Crippen LogP contribution in [0.2, 0.25) is 0 Å². The molecular weight excluding hydrogens is 221 g/mol. The number of nitrogens with zero attached hydrogens (tertiary/aromatic N) is 1. The van der Waals surface area contributed by atoms with Crippen LogP contribution in [0.3, 0.4) is 0 Å². The van der Waals surface area contributed by atoms with E-state index in [2.05, 4.69) is 15.3 Å². The van der Waals surface area contributed by atoms with Crippen LogP contribution in [0, 0.1) is 5.82 Å². The summed E-state index contributed by atoms with van der Waals surface area (Å²) >= 11 is 0. The van der Waals surface area contributed by atoms with E-state index in [-0.39, 0.29) is 17.8 Å². The first kappa shape index (κ1) is 10.7. The van der Waals surface area contributed by atoms with Gasteiger partial charge < -0.3 is 15.0 Å². The number of imidazole rings is 1. The molecule has 1 aromatic heterocycles. The SMILES string of the molecule is CNC1COCC1c1nc2c(F)cccc2[nH]1. The Bertz CT molecular complexity index is 540. The van der Waals surface area contributed by atoms with E-state index in [4.69, 9.17) is 4.74 Å². The Morgan fingerprint density at radius 1 is 1.47 bits per heavy atom. The molecular formula is C12H14FN3O. The van der Waals surface area contributed by atoms with Gasteiger partial charge in [0.15, 0.2) is 5.82 Å². The molecule has 4 nitrogen and oxygen atoms in total. The highest BCUT2D eigenvalue weighted by Gasteiger charge is 2.30. The van der Waals surface area contributed by atoms with Gasteiger partial charge in [0.25, 0.3) is 0 Å². The lowest BCUT2D eigenvalue weighted by molar-refractivity contribution is 0.188. The predicted molar refractivity (Wildman–Crippen MR) is 62.5 cm³/mol. The van der Waals surface area contributed by atoms with Crippen LogP contribution in [-0.4, -0.2) is 36.3 Å². The number of hydrogen-bond donors (Lipinski definition) is 2. The average Bonchev–Trinajstić information content (AvgIpc) is 2.94. The van der Waals surface area contributed by atoms with Crippen LogP contribution >= 0.6 is 0 Å². The summed E-state index contributed by atoms with van der Waals surface area (Å²) in [5.41, 5.74) is 1.14. The zero-order chi connectivity index (χ0) is 11.8. The van der Waals surface area contributed by atoms with E-state index in [9.17, 15) is 4.39 Å². The highest BCUT2D eigenvalue weighted by Crippen LogP contribution is 2.26. The minimum Gasteiger partial charge on any atom is -0.379 e. The molecule has 2 atom stereocenters. The molecule has 0 amide bonds. The van der Waals surface area contributed by atoms with Gasteiger partial charge in [0.1, 0.15) is 11.3 Å². The molecule has 90 valence electrons. The first-order valence-corrected chi connectivity index (χ1v) is 5.68. The Hall–Kier alpha value is -1.46. The maximum Gasteiger partial charge on any atom is 0.151 e. The van der Waals surface area contributed by atoms with Crippen LogP contribution in [0.5, 0.6) is 0 Å². The topological polar surface area (TPSA) is 49.9 Å². The van der Waals surface area contributed by atoms with Gasteiger partial charge >= 0.3 is 0 Å². The number of hydrogen-bond acceptors (Lipinski definition) is 3. The van der Waals surface area contributed by atoms with Crippen LogP contribution in [0.15, 0.2) is 18.2 Å². The van der Waals surface area contributed by atoms with Gasteiger partial charge in [-0.05, 0) is 19.2 Å². The van der Waals surface area contributed by atoms with Crippen molar-refractivity contribution in [3.63, 3.8) is 0 Å². The molecule has 0 spiro atoms. The Morgan fingerprint density at radius 2 is 2.35 bits per heavy atom. The van der Waals surface area contributed by atoms with Gasteiger partial charge in [-0.1, -0.05) is 6.07 Å². The summed E-state index contributed by atoms with van der Waals surface area (Å²) in [6, 6.07) is 5.17. The second kappa shape index (κ2) is 4.09. The molecule has 2 aromatic rings. The summed E-state index contributed by atoms with van der Waals surface area (Å²) < 4.78 is 19.0. The minimum atomic E-state index is -0.287.